The van der Waals surface area contributed by atoms with Crippen molar-refractivity contribution in [1.82, 2.24) is 19.7 Å². The number of likely N-dealkylation sites (tertiary alicyclic amines) is 1. The Hall–Kier alpha value is -2.93. The highest BCUT2D eigenvalue weighted by molar-refractivity contribution is 8.13. The summed E-state index contributed by atoms with van der Waals surface area (Å²) in [7, 11) is 0. The third-order valence-corrected chi connectivity index (χ3v) is 8.81. The molecule has 0 radical (unpaired) electrons. The normalized spacial score (nSPS) is 18.2. The molecule has 2 aliphatic heterocycles. The fourth-order valence-corrected chi connectivity index (χ4v) is 6.59. The fraction of sp³-hybridized carbons (Fsp3) is 0.462. The zero-order valence-corrected chi connectivity index (χ0v) is 22.5. The lowest BCUT2D eigenvalue weighted by Crippen LogP contribution is -2.40. The van der Waals surface area contributed by atoms with E-state index in [-0.39, 0.29) is 12.0 Å². The molecule has 208 valence electrons. The van der Waals surface area contributed by atoms with E-state index < -0.39 is 36.7 Å². The molecule has 2 aromatic heterocycles. The van der Waals surface area contributed by atoms with Gasteiger partial charge in [-0.15, -0.1) is 23.1 Å². The van der Waals surface area contributed by atoms with E-state index in [4.69, 9.17) is 9.82 Å². The molecule has 0 spiro atoms. The number of carbonyl (C=O) groups is 1. The molecule has 13 heteroatoms. The number of thioether (sulfide) groups is 1. The first-order chi connectivity index (χ1) is 18.9. The summed E-state index contributed by atoms with van der Waals surface area (Å²) < 4.78 is 52.9. The Labute approximate surface area is 231 Å². The summed E-state index contributed by atoms with van der Waals surface area (Å²) in [5.41, 5.74) is 0.711. The number of carbonyl (C=O) groups excluding carboxylic acids is 1. The van der Waals surface area contributed by atoms with Crippen molar-refractivity contribution in [3.05, 3.63) is 69.4 Å². The third-order valence-electron chi connectivity index (χ3n) is 6.77. The predicted octanol–water partition coefficient (Wildman–Crippen LogP) is 6.37. The van der Waals surface area contributed by atoms with Gasteiger partial charge in [0.25, 0.3) is 12.9 Å². The zero-order chi connectivity index (χ0) is 27.4. The van der Waals surface area contributed by atoms with Crippen LogP contribution in [0.15, 0.2) is 46.9 Å². The van der Waals surface area contributed by atoms with Gasteiger partial charge in [0.15, 0.2) is 6.10 Å². The molecular weight excluding hydrogens is 554 g/mol. The first kappa shape index (κ1) is 27.6. The number of piperidine rings is 1. The maximum atomic E-state index is 13.2. The smallest absolute Gasteiger partial charge is 0.282 e. The molecule has 2 aliphatic rings. The maximum Gasteiger partial charge on any atom is 0.282 e. The van der Waals surface area contributed by atoms with Crippen molar-refractivity contribution in [3.63, 3.8) is 0 Å². The van der Waals surface area contributed by atoms with Gasteiger partial charge in [-0.2, -0.15) is 5.10 Å². The average molecular weight is 582 g/mol. The van der Waals surface area contributed by atoms with Gasteiger partial charge < -0.3 is 9.74 Å². The van der Waals surface area contributed by atoms with Crippen molar-refractivity contribution in [1.29, 1.82) is 0 Å². The topological polar surface area (TPSA) is 72.6 Å². The van der Waals surface area contributed by atoms with E-state index in [1.807, 2.05) is 30.3 Å². The van der Waals surface area contributed by atoms with Crippen LogP contribution in [0.4, 0.5) is 17.6 Å². The van der Waals surface area contributed by atoms with Crippen LogP contribution in [-0.4, -0.2) is 49.5 Å². The highest BCUT2D eigenvalue weighted by atomic mass is 32.2. The molecule has 39 heavy (non-hydrogen) atoms. The second-order valence-corrected chi connectivity index (χ2v) is 11.4. The lowest BCUT2D eigenvalue weighted by Gasteiger charge is -2.31. The van der Waals surface area contributed by atoms with Crippen molar-refractivity contribution in [2.24, 2.45) is 5.16 Å². The summed E-state index contributed by atoms with van der Waals surface area (Å²) in [6.07, 6.45) is -3.02. The quantitative estimate of drug-likeness (QED) is 0.275. The molecule has 1 saturated heterocycles. The molecule has 1 fully saturated rings. The largest absolute Gasteiger partial charge is 0.387 e. The third kappa shape index (κ3) is 6.81. The highest BCUT2D eigenvalue weighted by Gasteiger charge is 2.28. The number of hydrogen-bond donors (Lipinski definition) is 0. The Kier molecular flexibility index (Phi) is 8.85. The molecule has 0 aliphatic carbocycles. The van der Waals surface area contributed by atoms with Crippen LogP contribution in [0, 0.1) is 0 Å². The van der Waals surface area contributed by atoms with E-state index in [1.54, 1.807) is 28.0 Å². The minimum absolute atomic E-state index is 0.0293. The molecular formula is C26H27F4N5O2S2. The Morgan fingerprint density at radius 2 is 1.90 bits per heavy atom. The minimum Gasteiger partial charge on any atom is -0.387 e. The zero-order valence-electron chi connectivity index (χ0n) is 20.9. The standard InChI is InChI=1S/C26H27F4N5O2S2/c27-24(28)19-12-20(25(29)30)35(32-19)14-23(36)34-9-6-17(7-10-34)26-31-18(15-39-26)8-11-38-22-13-21(37-33-22)16-4-2-1-3-5-16/h1-5,12,15,17,21,24-25H,6-11,13-14H2. The molecule has 0 N–H and O–H groups in total. The summed E-state index contributed by atoms with van der Waals surface area (Å²) in [5.74, 6) is 0.650. The molecule has 5 rings (SSSR count). The van der Waals surface area contributed by atoms with E-state index in [9.17, 15) is 22.4 Å². The number of hydrogen-bond acceptors (Lipinski definition) is 7. The van der Waals surface area contributed by atoms with E-state index in [1.165, 1.54) is 0 Å². The fourth-order valence-electron chi connectivity index (χ4n) is 4.65. The Bertz CT molecular complexity index is 1290. The second-order valence-electron chi connectivity index (χ2n) is 9.38. The van der Waals surface area contributed by atoms with Gasteiger partial charge in [-0.1, -0.05) is 35.5 Å². The van der Waals surface area contributed by atoms with E-state index in [0.29, 0.717) is 36.7 Å². The van der Waals surface area contributed by atoms with Crippen molar-refractivity contribution in [3.8, 4) is 0 Å². The number of oxime groups is 1. The Morgan fingerprint density at radius 1 is 1.13 bits per heavy atom. The number of aryl methyl sites for hydroxylation is 1. The molecule has 1 atom stereocenters. The first-order valence-corrected chi connectivity index (χ1v) is 14.5. The van der Waals surface area contributed by atoms with Gasteiger partial charge in [0, 0.05) is 36.6 Å². The summed E-state index contributed by atoms with van der Waals surface area (Å²) in [4.78, 5) is 24.7. The number of nitrogens with zero attached hydrogens (tertiary/aromatic N) is 5. The summed E-state index contributed by atoms with van der Waals surface area (Å²) >= 11 is 3.29. The molecule has 7 nitrogen and oxygen atoms in total. The second kappa shape index (κ2) is 12.5. The molecule has 3 aromatic rings. The molecule has 4 heterocycles. The van der Waals surface area contributed by atoms with Crippen LogP contribution >= 0.6 is 23.1 Å². The van der Waals surface area contributed by atoms with Gasteiger partial charge in [-0.05, 0) is 30.9 Å². The molecule has 1 aromatic carbocycles. The number of halogens is 4. The van der Waals surface area contributed by atoms with Crippen LogP contribution in [0.5, 0.6) is 0 Å². The maximum absolute atomic E-state index is 13.2. The molecule has 1 amide bonds. The van der Waals surface area contributed by atoms with Gasteiger partial charge in [-0.25, -0.2) is 22.5 Å². The lowest BCUT2D eigenvalue weighted by atomic mass is 9.97. The van der Waals surface area contributed by atoms with Gasteiger partial charge in [0.1, 0.15) is 23.0 Å². The number of aromatic nitrogens is 3. The highest BCUT2D eigenvalue weighted by Crippen LogP contribution is 2.33. The Morgan fingerprint density at radius 3 is 2.62 bits per heavy atom. The van der Waals surface area contributed by atoms with Crippen LogP contribution in [-0.2, 0) is 22.6 Å². The van der Waals surface area contributed by atoms with Crippen LogP contribution in [0.25, 0.3) is 0 Å². The summed E-state index contributed by atoms with van der Waals surface area (Å²) in [5, 5.41) is 11.8. The van der Waals surface area contributed by atoms with E-state index >= 15 is 0 Å². The summed E-state index contributed by atoms with van der Waals surface area (Å²) in [6, 6.07) is 10.7. The lowest BCUT2D eigenvalue weighted by molar-refractivity contribution is -0.133. The predicted molar refractivity (Wildman–Crippen MR) is 141 cm³/mol. The van der Waals surface area contributed by atoms with Gasteiger partial charge in [0.05, 0.1) is 10.7 Å². The Balaban J connectivity index is 1.06. The van der Waals surface area contributed by atoms with Crippen LogP contribution < -0.4 is 0 Å². The van der Waals surface area contributed by atoms with Crippen molar-refractivity contribution in [2.45, 2.75) is 57.1 Å². The van der Waals surface area contributed by atoms with Gasteiger partial charge in [-0.3, -0.25) is 9.48 Å². The average Bonchev–Trinajstić information content (AvgIpc) is 3.70. The van der Waals surface area contributed by atoms with Crippen molar-refractivity contribution in [2.75, 3.05) is 18.8 Å². The monoisotopic (exact) mass is 581 g/mol. The van der Waals surface area contributed by atoms with Crippen LogP contribution in [0.2, 0.25) is 0 Å². The number of rotatable bonds is 9. The number of alkyl halides is 4. The van der Waals surface area contributed by atoms with Gasteiger partial charge in [0.2, 0.25) is 5.91 Å². The van der Waals surface area contributed by atoms with Crippen LogP contribution in [0.1, 0.15) is 71.8 Å². The van der Waals surface area contributed by atoms with Crippen LogP contribution in [0.3, 0.4) is 0 Å². The molecule has 0 saturated carbocycles. The van der Waals surface area contributed by atoms with E-state index in [0.717, 1.165) is 39.9 Å². The van der Waals surface area contributed by atoms with Crippen molar-refractivity contribution >= 4 is 34.0 Å². The number of thiazole rings is 1. The molecule has 1 unspecified atom stereocenters. The molecule has 0 bridgehead atoms. The van der Waals surface area contributed by atoms with E-state index in [2.05, 4.69) is 15.6 Å². The van der Waals surface area contributed by atoms with Crippen molar-refractivity contribution < 1.29 is 27.2 Å². The SMILES string of the molecule is O=C(Cn1nc(C(F)F)cc1C(F)F)N1CCC(c2nc(CCSC3=NOC(c4ccccc4)C3)cs2)CC1. The van der Waals surface area contributed by atoms with Gasteiger partial charge >= 0.3 is 0 Å². The first-order valence-electron chi connectivity index (χ1n) is 12.6. The summed E-state index contributed by atoms with van der Waals surface area (Å²) in [6.45, 7) is 0.409. The number of benzene rings is 1. The number of amides is 1. The minimum atomic E-state index is -2.99.